The molecule has 0 atom stereocenters. The number of benzene rings is 1. The third-order valence-corrected chi connectivity index (χ3v) is 2.88. The van der Waals surface area contributed by atoms with Gasteiger partial charge in [-0.2, -0.15) is 0 Å². The molecule has 0 fully saturated rings. The Labute approximate surface area is 114 Å². The van der Waals surface area contributed by atoms with Gasteiger partial charge in [0, 0.05) is 11.6 Å². The van der Waals surface area contributed by atoms with Gasteiger partial charge < -0.3 is 9.47 Å². The second-order valence-corrected chi connectivity index (χ2v) is 4.17. The molecule has 1 aromatic rings. The molecule has 0 saturated carbocycles. The van der Waals surface area contributed by atoms with Gasteiger partial charge in [0.05, 0.1) is 23.6 Å². The van der Waals surface area contributed by atoms with Crippen molar-refractivity contribution in [3.05, 3.63) is 22.7 Å². The molecule has 17 heavy (non-hydrogen) atoms. The second-order valence-electron chi connectivity index (χ2n) is 3.20. The van der Waals surface area contributed by atoms with Gasteiger partial charge in [0.1, 0.15) is 0 Å². The van der Waals surface area contributed by atoms with Crippen LogP contribution in [0.1, 0.15) is 24.2 Å². The zero-order valence-electron chi connectivity index (χ0n) is 9.76. The normalized spacial score (nSPS) is 10.1. The van der Waals surface area contributed by atoms with Gasteiger partial charge in [0.15, 0.2) is 17.3 Å². The number of carbonyl (C=O) groups is 1. The molecule has 0 amide bonds. The molecule has 1 aromatic carbocycles. The standard InChI is InChI=1S/C12H14BrClO3/c1-3-16-11-5-8(10(15)7-13)9(14)6-12(11)17-4-2/h5-6H,3-4,7H2,1-2H3. The topological polar surface area (TPSA) is 35.5 Å². The lowest BCUT2D eigenvalue weighted by Crippen LogP contribution is -2.04. The number of hydrogen-bond acceptors (Lipinski definition) is 3. The van der Waals surface area contributed by atoms with Crippen LogP contribution in [0, 0.1) is 0 Å². The molecule has 1 rings (SSSR count). The number of rotatable bonds is 6. The van der Waals surface area contributed by atoms with Crippen LogP contribution >= 0.6 is 27.5 Å². The number of ketones is 1. The maximum absolute atomic E-state index is 11.6. The van der Waals surface area contributed by atoms with Crippen LogP contribution in [0.5, 0.6) is 11.5 Å². The molecule has 0 aliphatic carbocycles. The Morgan fingerprint density at radius 1 is 1.24 bits per heavy atom. The first kappa shape index (κ1) is 14.3. The Hall–Kier alpha value is -0.740. The highest BCUT2D eigenvalue weighted by atomic mass is 79.9. The summed E-state index contributed by atoms with van der Waals surface area (Å²) in [5.74, 6) is 1.02. The minimum absolute atomic E-state index is 0.0843. The summed E-state index contributed by atoms with van der Waals surface area (Å²) in [5.41, 5.74) is 0.440. The summed E-state index contributed by atoms with van der Waals surface area (Å²) in [7, 11) is 0. The van der Waals surface area contributed by atoms with E-state index >= 15 is 0 Å². The van der Waals surface area contributed by atoms with Crippen LogP contribution in [0.2, 0.25) is 5.02 Å². The summed E-state index contributed by atoms with van der Waals surface area (Å²) in [6, 6.07) is 3.24. The molecule has 0 N–H and O–H groups in total. The van der Waals surface area contributed by atoms with Gasteiger partial charge in [0.2, 0.25) is 0 Å². The van der Waals surface area contributed by atoms with Crippen molar-refractivity contribution in [1.82, 2.24) is 0 Å². The summed E-state index contributed by atoms with van der Waals surface area (Å²) in [5, 5.41) is 0.605. The Morgan fingerprint density at radius 2 is 1.76 bits per heavy atom. The number of carbonyl (C=O) groups excluding carboxylic acids is 1. The number of ether oxygens (including phenoxy) is 2. The highest BCUT2D eigenvalue weighted by Crippen LogP contribution is 2.34. The molecule has 0 heterocycles. The van der Waals surface area contributed by atoms with Gasteiger partial charge in [-0.3, -0.25) is 4.79 Å². The van der Waals surface area contributed by atoms with Gasteiger partial charge in [0.25, 0.3) is 0 Å². The van der Waals surface area contributed by atoms with E-state index < -0.39 is 0 Å². The van der Waals surface area contributed by atoms with Gasteiger partial charge in [-0.05, 0) is 19.9 Å². The first-order valence-corrected chi connectivity index (χ1v) is 6.82. The van der Waals surface area contributed by atoms with E-state index in [1.807, 2.05) is 13.8 Å². The molecule has 0 unspecified atom stereocenters. The molecule has 5 heteroatoms. The zero-order valence-corrected chi connectivity index (χ0v) is 12.1. The average Bonchev–Trinajstić information content (AvgIpc) is 2.32. The number of Topliss-reactive ketones (excluding diaryl/α,β-unsaturated/α-hetero) is 1. The van der Waals surface area contributed by atoms with E-state index in [0.717, 1.165) is 0 Å². The van der Waals surface area contributed by atoms with Gasteiger partial charge in [-0.25, -0.2) is 0 Å². The lowest BCUT2D eigenvalue weighted by molar-refractivity contribution is 0.102. The fraction of sp³-hybridized carbons (Fsp3) is 0.417. The van der Waals surface area contributed by atoms with Crippen molar-refractivity contribution in [1.29, 1.82) is 0 Å². The van der Waals surface area contributed by atoms with Gasteiger partial charge >= 0.3 is 0 Å². The van der Waals surface area contributed by atoms with Crippen LogP contribution in [0.25, 0.3) is 0 Å². The van der Waals surface area contributed by atoms with Crippen molar-refractivity contribution >= 4 is 33.3 Å². The van der Waals surface area contributed by atoms with Gasteiger partial charge in [-0.15, -0.1) is 0 Å². The molecule has 0 saturated heterocycles. The van der Waals surface area contributed by atoms with E-state index in [9.17, 15) is 4.79 Å². The van der Waals surface area contributed by atoms with E-state index in [1.165, 1.54) is 0 Å². The summed E-state index contributed by atoms with van der Waals surface area (Å²) in [6.07, 6.45) is 0. The first-order chi connectivity index (χ1) is 8.13. The van der Waals surface area contributed by atoms with E-state index in [1.54, 1.807) is 12.1 Å². The summed E-state index contributed by atoms with van der Waals surface area (Å²) >= 11 is 9.15. The predicted octanol–water partition coefficient (Wildman–Crippen LogP) is 3.72. The van der Waals surface area contributed by atoms with E-state index in [4.69, 9.17) is 21.1 Å². The van der Waals surface area contributed by atoms with E-state index in [2.05, 4.69) is 15.9 Å². The van der Waals surface area contributed by atoms with Crippen LogP contribution in [0.3, 0.4) is 0 Å². The zero-order chi connectivity index (χ0) is 12.8. The maximum Gasteiger partial charge on any atom is 0.175 e. The Balaban J connectivity index is 3.18. The van der Waals surface area contributed by atoms with Gasteiger partial charge in [-0.1, -0.05) is 27.5 Å². The van der Waals surface area contributed by atoms with E-state index in [-0.39, 0.29) is 11.1 Å². The van der Waals surface area contributed by atoms with Crippen LogP contribution in [0.15, 0.2) is 12.1 Å². The second kappa shape index (κ2) is 6.87. The average molecular weight is 322 g/mol. The third-order valence-electron chi connectivity index (χ3n) is 2.05. The smallest absolute Gasteiger partial charge is 0.175 e. The minimum Gasteiger partial charge on any atom is -0.490 e. The molecule has 0 spiro atoms. The van der Waals surface area contributed by atoms with Crippen molar-refractivity contribution in [2.75, 3.05) is 18.5 Å². The lowest BCUT2D eigenvalue weighted by Gasteiger charge is -2.13. The Morgan fingerprint density at radius 3 is 2.24 bits per heavy atom. The van der Waals surface area contributed by atoms with Crippen molar-refractivity contribution in [3.63, 3.8) is 0 Å². The molecule has 0 radical (unpaired) electrons. The SMILES string of the molecule is CCOc1cc(Cl)c(C(=O)CBr)cc1OCC. The highest BCUT2D eigenvalue weighted by Gasteiger charge is 2.15. The van der Waals surface area contributed by atoms with Crippen molar-refractivity contribution in [2.24, 2.45) is 0 Å². The third kappa shape index (κ3) is 3.61. The molecule has 0 bridgehead atoms. The molecule has 3 nitrogen and oxygen atoms in total. The fourth-order valence-corrected chi connectivity index (χ4v) is 1.92. The molecule has 0 aliphatic rings. The largest absolute Gasteiger partial charge is 0.490 e. The first-order valence-electron chi connectivity index (χ1n) is 5.32. The van der Waals surface area contributed by atoms with Crippen LogP contribution in [0.4, 0.5) is 0 Å². The summed E-state index contributed by atoms with van der Waals surface area (Å²) in [6.45, 7) is 4.77. The number of alkyl halides is 1. The van der Waals surface area contributed by atoms with E-state index in [0.29, 0.717) is 35.3 Å². The monoisotopic (exact) mass is 320 g/mol. The number of halogens is 2. The molecular weight excluding hydrogens is 307 g/mol. The van der Waals surface area contributed by atoms with Crippen LogP contribution < -0.4 is 9.47 Å². The van der Waals surface area contributed by atoms with Crippen LogP contribution in [-0.4, -0.2) is 24.3 Å². The molecule has 0 aromatic heterocycles. The minimum atomic E-state index is -0.0843. The lowest BCUT2D eigenvalue weighted by atomic mass is 10.1. The highest BCUT2D eigenvalue weighted by molar-refractivity contribution is 9.09. The number of hydrogen-bond donors (Lipinski definition) is 0. The summed E-state index contributed by atoms with van der Waals surface area (Å²) < 4.78 is 10.8. The quantitative estimate of drug-likeness (QED) is 0.592. The van der Waals surface area contributed by atoms with Crippen molar-refractivity contribution in [2.45, 2.75) is 13.8 Å². The van der Waals surface area contributed by atoms with Crippen molar-refractivity contribution in [3.8, 4) is 11.5 Å². The molecule has 0 aliphatic heterocycles. The molecular formula is C12H14BrClO3. The molecule has 94 valence electrons. The maximum atomic E-state index is 11.6. The summed E-state index contributed by atoms with van der Waals surface area (Å²) in [4.78, 5) is 11.6. The Kier molecular flexibility index (Phi) is 5.78. The van der Waals surface area contributed by atoms with Crippen molar-refractivity contribution < 1.29 is 14.3 Å². The Bertz CT molecular complexity index is 407. The fourth-order valence-electron chi connectivity index (χ4n) is 1.36. The predicted molar refractivity (Wildman–Crippen MR) is 71.9 cm³/mol. The van der Waals surface area contributed by atoms with Crippen LogP contribution in [-0.2, 0) is 0 Å².